The van der Waals surface area contributed by atoms with Crippen LogP contribution in [0.2, 0.25) is 0 Å². The van der Waals surface area contributed by atoms with E-state index < -0.39 is 0 Å². The Bertz CT molecular complexity index is 523. The van der Waals surface area contributed by atoms with Crippen LogP contribution in [0.1, 0.15) is 17.7 Å². The number of benzene rings is 1. The van der Waals surface area contributed by atoms with Crippen LogP contribution in [0.15, 0.2) is 24.3 Å². The molecule has 0 unspecified atom stereocenters. The Kier molecular flexibility index (Phi) is 3.59. The van der Waals surface area contributed by atoms with E-state index in [1.807, 2.05) is 18.2 Å². The lowest BCUT2D eigenvalue weighted by Gasteiger charge is -2.09. The van der Waals surface area contributed by atoms with Gasteiger partial charge in [-0.1, -0.05) is 6.07 Å². The number of pyridine rings is 1. The highest BCUT2D eigenvalue weighted by Crippen LogP contribution is 2.27. The van der Waals surface area contributed by atoms with Gasteiger partial charge in [-0.2, -0.15) is 0 Å². The zero-order valence-corrected chi connectivity index (χ0v) is 10.4. The van der Waals surface area contributed by atoms with Crippen LogP contribution in [0.5, 0.6) is 5.75 Å². The van der Waals surface area contributed by atoms with E-state index in [2.05, 4.69) is 18.0 Å². The summed E-state index contributed by atoms with van der Waals surface area (Å²) in [6.07, 6.45) is 1.91. The Morgan fingerprint density at radius 2 is 2.18 bits per heavy atom. The second-order valence-corrected chi connectivity index (χ2v) is 4.18. The van der Waals surface area contributed by atoms with Crippen molar-refractivity contribution < 1.29 is 4.74 Å². The number of nitrogens with two attached hydrogens (primary N) is 1. The Labute approximate surface area is 102 Å². The van der Waals surface area contributed by atoms with Crippen LogP contribution < -0.4 is 10.5 Å². The maximum absolute atomic E-state index is 5.52. The SMILES string of the molecule is COc1cccc2nc(CCCN)cc(C)c12. The quantitative estimate of drug-likeness (QED) is 0.877. The predicted molar refractivity (Wildman–Crippen MR) is 70.4 cm³/mol. The van der Waals surface area contributed by atoms with E-state index in [1.165, 1.54) is 5.56 Å². The van der Waals surface area contributed by atoms with Crippen LogP contribution in [-0.4, -0.2) is 18.6 Å². The van der Waals surface area contributed by atoms with Crippen molar-refractivity contribution in [1.29, 1.82) is 0 Å². The first-order chi connectivity index (χ1) is 8.26. The van der Waals surface area contributed by atoms with E-state index in [1.54, 1.807) is 7.11 Å². The molecular weight excluding hydrogens is 212 g/mol. The van der Waals surface area contributed by atoms with Crippen molar-refractivity contribution in [3.05, 3.63) is 35.5 Å². The monoisotopic (exact) mass is 230 g/mol. The molecule has 0 aliphatic rings. The molecule has 2 N–H and O–H groups in total. The van der Waals surface area contributed by atoms with Gasteiger partial charge in [-0.25, -0.2) is 0 Å². The number of fused-ring (bicyclic) bond motifs is 1. The second kappa shape index (κ2) is 5.15. The van der Waals surface area contributed by atoms with Gasteiger partial charge >= 0.3 is 0 Å². The van der Waals surface area contributed by atoms with Gasteiger partial charge in [0.05, 0.1) is 12.6 Å². The smallest absolute Gasteiger partial charge is 0.128 e. The molecule has 0 aliphatic carbocycles. The first kappa shape index (κ1) is 11.9. The third-order valence-electron chi connectivity index (χ3n) is 2.90. The summed E-state index contributed by atoms with van der Waals surface area (Å²) < 4.78 is 5.37. The van der Waals surface area contributed by atoms with Crippen molar-refractivity contribution in [2.24, 2.45) is 5.73 Å². The number of hydrogen-bond acceptors (Lipinski definition) is 3. The van der Waals surface area contributed by atoms with Gasteiger partial charge in [-0.15, -0.1) is 0 Å². The first-order valence-electron chi connectivity index (χ1n) is 5.89. The summed E-state index contributed by atoms with van der Waals surface area (Å²) in [6.45, 7) is 2.80. The summed E-state index contributed by atoms with van der Waals surface area (Å²) >= 11 is 0. The van der Waals surface area contributed by atoms with Crippen molar-refractivity contribution in [2.75, 3.05) is 13.7 Å². The normalized spacial score (nSPS) is 10.8. The second-order valence-electron chi connectivity index (χ2n) is 4.18. The van der Waals surface area contributed by atoms with Gasteiger partial charge in [0, 0.05) is 11.1 Å². The Morgan fingerprint density at radius 1 is 1.35 bits per heavy atom. The minimum absolute atomic E-state index is 0.705. The van der Waals surface area contributed by atoms with Crippen LogP contribution >= 0.6 is 0 Å². The van der Waals surface area contributed by atoms with Crippen LogP contribution in [0.4, 0.5) is 0 Å². The third-order valence-corrected chi connectivity index (χ3v) is 2.90. The van der Waals surface area contributed by atoms with Crippen LogP contribution in [-0.2, 0) is 6.42 Å². The summed E-state index contributed by atoms with van der Waals surface area (Å²) in [5.74, 6) is 0.887. The van der Waals surface area contributed by atoms with E-state index in [0.29, 0.717) is 6.54 Å². The molecular formula is C14H18N2O. The molecule has 0 bridgehead atoms. The van der Waals surface area contributed by atoms with Crippen LogP contribution in [0.3, 0.4) is 0 Å². The molecule has 0 saturated heterocycles. The lowest BCUT2D eigenvalue weighted by Crippen LogP contribution is -2.02. The lowest BCUT2D eigenvalue weighted by atomic mass is 10.1. The first-order valence-corrected chi connectivity index (χ1v) is 5.89. The van der Waals surface area contributed by atoms with Crippen molar-refractivity contribution in [2.45, 2.75) is 19.8 Å². The molecule has 0 atom stereocenters. The van der Waals surface area contributed by atoms with E-state index in [-0.39, 0.29) is 0 Å². The number of nitrogens with zero attached hydrogens (tertiary/aromatic N) is 1. The van der Waals surface area contributed by atoms with Crippen molar-refractivity contribution in [3.63, 3.8) is 0 Å². The highest BCUT2D eigenvalue weighted by atomic mass is 16.5. The number of methoxy groups -OCH3 is 1. The maximum Gasteiger partial charge on any atom is 0.128 e. The highest BCUT2D eigenvalue weighted by molar-refractivity contribution is 5.88. The molecule has 1 aromatic carbocycles. The number of aromatic nitrogens is 1. The Morgan fingerprint density at radius 3 is 2.88 bits per heavy atom. The fourth-order valence-electron chi connectivity index (χ4n) is 2.10. The van der Waals surface area contributed by atoms with Crippen molar-refractivity contribution >= 4 is 10.9 Å². The number of hydrogen-bond donors (Lipinski definition) is 1. The zero-order chi connectivity index (χ0) is 12.3. The van der Waals surface area contributed by atoms with E-state index in [9.17, 15) is 0 Å². The predicted octanol–water partition coefficient (Wildman–Crippen LogP) is 2.44. The summed E-state index contributed by atoms with van der Waals surface area (Å²) in [4.78, 5) is 4.65. The molecule has 1 aromatic heterocycles. The fraction of sp³-hybridized carbons (Fsp3) is 0.357. The molecule has 1 heterocycles. The van der Waals surface area contributed by atoms with Gasteiger partial charge < -0.3 is 10.5 Å². The molecule has 0 amide bonds. The topological polar surface area (TPSA) is 48.1 Å². The minimum atomic E-state index is 0.705. The fourth-order valence-corrected chi connectivity index (χ4v) is 2.10. The van der Waals surface area contributed by atoms with Gasteiger partial charge in [0.15, 0.2) is 0 Å². The third kappa shape index (κ3) is 2.39. The van der Waals surface area contributed by atoms with E-state index >= 15 is 0 Å². The molecule has 0 spiro atoms. The Balaban J connectivity index is 2.51. The van der Waals surface area contributed by atoms with Gasteiger partial charge in [-0.3, -0.25) is 4.98 Å². The molecule has 0 radical (unpaired) electrons. The molecule has 0 fully saturated rings. The van der Waals surface area contributed by atoms with E-state index in [4.69, 9.17) is 10.5 Å². The van der Waals surface area contributed by atoms with Gasteiger partial charge in [0.1, 0.15) is 5.75 Å². The maximum atomic E-state index is 5.52. The average molecular weight is 230 g/mol. The number of rotatable bonds is 4. The largest absolute Gasteiger partial charge is 0.496 e. The summed E-state index contributed by atoms with van der Waals surface area (Å²) in [5.41, 5.74) is 8.83. The molecule has 3 heteroatoms. The molecule has 17 heavy (non-hydrogen) atoms. The summed E-state index contributed by atoms with van der Waals surface area (Å²) in [5, 5.41) is 1.10. The number of aryl methyl sites for hydroxylation is 2. The molecule has 3 nitrogen and oxygen atoms in total. The molecule has 2 aromatic rings. The standard InChI is InChI=1S/C14H18N2O/c1-10-9-11(5-4-8-15)16-12-6-3-7-13(17-2)14(10)12/h3,6-7,9H,4-5,8,15H2,1-2H3. The van der Waals surface area contributed by atoms with Gasteiger partial charge in [0.25, 0.3) is 0 Å². The van der Waals surface area contributed by atoms with Crippen LogP contribution in [0.25, 0.3) is 10.9 Å². The summed E-state index contributed by atoms with van der Waals surface area (Å²) in [6, 6.07) is 8.09. The molecule has 0 aliphatic heterocycles. The van der Waals surface area contributed by atoms with E-state index in [0.717, 1.165) is 35.2 Å². The van der Waals surface area contributed by atoms with Gasteiger partial charge in [-0.05, 0) is 50.1 Å². The highest BCUT2D eigenvalue weighted by Gasteiger charge is 2.07. The van der Waals surface area contributed by atoms with Crippen LogP contribution in [0, 0.1) is 6.92 Å². The zero-order valence-electron chi connectivity index (χ0n) is 10.4. The van der Waals surface area contributed by atoms with Crippen molar-refractivity contribution in [3.8, 4) is 5.75 Å². The minimum Gasteiger partial charge on any atom is -0.496 e. The molecule has 2 rings (SSSR count). The Hall–Kier alpha value is -1.61. The lowest BCUT2D eigenvalue weighted by molar-refractivity contribution is 0.419. The van der Waals surface area contributed by atoms with Gasteiger partial charge in [0.2, 0.25) is 0 Å². The van der Waals surface area contributed by atoms with Crippen molar-refractivity contribution in [1.82, 2.24) is 4.98 Å². The summed E-state index contributed by atoms with van der Waals surface area (Å²) in [7, 11) is 1.69. The number of ether oxygens (including phenoxy) is 1. The average Bonchev–Trinajstić information content (AvgIpc) is 2.35. The molecule has 0 saturated carbocycles. The molecule has 90 valence electrons.